The van der Waals surface area contributed by atoms with Gasteiger partial charge in [0.25, 0.3) is 0 Å². The molecule has 3 rings (SSSR count). The zero-order chi connectivity index (χ0) is 15.9. The Labute approximate surface area is 127 Å². The van der Waals surface area contributed by atoms with Gasteiger partial charge in [-0.25, -0.2) is 0 Å². The maximum Gasteiger partial charge on any atom is 0.234 e. The second-order valence-corrected chi connectivity index (χ2v) is 5.98. The minimum absolute atomic E-state index is 0.00302. The van der Waals surface area contributed by atoms with Crippen molar-refractivity contribution in [3.63, 3.8) is 0 Å². The van der Waals surface area contributed by atoms with E-state index in [1.54, 1.807) is 18.2 Å². The molecule has 0 unspecified atom stereocenters. The highest BCUT2D eigenvalue weighted by molar-refractivity contribution is 5.98. The van der Waals surface area contributed by atoms with Crippen LogP contribution in [-0.4, -0.2) is 22.8 Å². The quantitative estimate of drug-likeness (QED) is 0.641. The van der Waals surface area contributed by atoms with Crippen LogP contribution in [0.2, 0.25) is 0 Å². The van der Waals surface area contributed by atoms with Crippen LogP contribution in [0.25, 0.3) is 0 Å². The van der Waals surface area contributed by atoms with Gasteiger partial charge in [0.2, 0.25) is 17.9 Å². The molecule has 0 aromatic heterocycles. The SMILES string of the molecule is Cc1ccc(NC(=O)C2CC2)cc1NC(=O)[C@@H]1C[C@H]1[N+](=O)[O-]. The van der Waals surface area contributed by atoms with E-state index in [2.05, 4.69) is 10.6 Å². The Balaban J connectivity index is 1.66. The zero-order valence-electron chi connectivity index (χ0n) is 12.2. The molecule has 2 fully saturated rings. The van der Waals surface area contributed by atoms with Crippen LogP contribution in [-0.2, 0) is 9.59 Å². The molecule has 2 amide bonds. The molecule has 0 saturated heterocycles. The fourth-order valence-electron chi connectivity index (χ4n) is 2.35. The third-order valence-corrected chi connectivity index (χ3v) is 4.08. The highest BCUT2D eigenvalue weighted by Gasteiger charge is 2.53. The predicted octanol–water partition coefficient (Wildman–Crippen LogP) is 1.95. The summed E-state index contributed by atoms with van der Waals surface area (Å²) in [6.45, 7) is 1.83. The maximum atomic E-state index is 12.0. The van der Waals surface area contributed by atoms with Gasteiger partial charge in [0.05, 0.1) is 0 Å². The first-order valence-electron chi connectivity index (χ1n) is 7.31. The van der Waals surface area contributed by atoms with Gasteiger partial charge in [0, 0.05) is 28.6 Å². The van der Waals surface area contributed by atoms with E-state index in [9.17, 15) is 19.7 Å². The molecule has 2 N–H and O–H groups in total. The normalized spacial score (nSPS) is 22.8. The number of amides is 2. The van der Waals surface area contributed by atoms with Crippen LogP contribution in [0.15, 0.2) is 18.2 Å². The van der Waals surface area contributed by atoms with E-state index < -0.39 is 16.9 Å². The van der Waals surface area contributed by atoms with Gasteiger partial charge in [-0.15, -0.1) is 0 Å². The summed E-state index contributed by atoms with van der Waals surface area (Å²) in [6.07, 6.45) is 2.13. The third-order valence-electron chi connectivity index (χ3n) is 4.08. The van der Waals surface area contributed by atoms with Crippen molar-refractivity contribution in [3.8, 4) is 0 Å². The van der Waals surface area contributed by atoms with E-state index in [1.807, 2.05) is 6.92 Å². The number of carbonyl (C=O) groups is 2. The van der Waals surface area contributed by atoms with E-state index >= 15 is 0 Å². The summed E-state index contributed by atoms with van der Waals surface area (Å²) < 4.78 is 0. The van der Waals surface area contributed by atoms with Crippen LogP contribution < -0.4 is 10.6 Å². The second kappa shape index (κ2) is 5.40. The largest absolute Gasteiger partial charge is 0.326 e. The summed E-state index contributed by atoms with van der Waals surface area (Å²) >= 11 is 0. The highest BCUT2D eigenvalue weighted by Crippen LogP contribution is 2.35. The predicted molar refractivity (Wildman–Crippen MR) is 80.1 cm³/mol. The number of nitro groups is 1. The molecule has 2 aliphatic carbocycles. The summed E-state index contributed by atoms with van der Waals surface area (Å²) in [5, 5.41) is 16.2. The molecule has 116 valence electrons. The number of nitrogens with one attached hydrogen (secondary N) is 2. The molecule has 2 saturated carbocycles. The van der Waals surface area contributed by atoms with E-state index in [0.29, 0.717) is 11.4 Å². The molecule has 0 bridgehead atoms. The standard InChI is InChI=1S/C15H17N3O4/c1-8-2-5-10(16-14(19)9-3-4-9)6-12(8)17-15(20)11-7-13(11)18(21)22/h2,5-6,9,11,13H,3-4,7H2,1H3,(H,16,19)(H,17,20)/t11-,13-/m1/s1. The topological polar surface area (TPSA) is 101 Å². The van der Waals surface area contributed by atoms with Crippen molar-refractivity contribution in [1.82, 2.24) is 0 Å². The molecule has 2 atom stereocenters. The first kappa shape index (κ1) is 14.5. The Morgan fingerprint density at radius 2 is 1.95 bits per heavy atom. The van der Waals surface area contributed by atoms with Gasteiger partial charge in [-0.1, -0.05) is 6.07 Å². The molecule has 0 radical (unpaired) electrons. The van der Waals surface area contributed by atoms with Crippen molar-refractivity contribution >= 4 is 23.2 Å². The molecule has 2 aliphatic rings. The Bertz CT molecular complexity index is 654. The molecule has 0 spiro atoms. The molecule has 1 aromatic carbocycles. The summed E-state index contributed by atoms with van der Waals surface area (Å²) in [5.41, 5.74) is 2.04. The van der Waals surface area contributed by atoms with Gasteiger partial charge in [-0.2, -0.15) is 0 Å². The molecular formula is C15H17N3O4. The van der Waals surface area contributed by atoms with Crippen molar-refractivity contribution in [2.75, 3.05) is 10.6 Å². The number of carbonyl (C=O) groups excluding carboxylic acids is 2. The molecular weight excluding hydrogens is 286 g/mol. The van der Waals surface area contributed by atoms with Crippen LogP contribution >= 0.6 is 0 Å². The van der Waals surface area contributed by atoms with Gasteiger partial charge < -0.3 is 10.6 Å². The Hall–Kier alpha value is -2.44. The number of nitrogens with zero attached hydrogens (tertiary/aromatic N) is 1. The van der Waals surface area contributed by atoms with Crippen molar-refractivity contribution in [1.29, 1.82) is 0 Å². The number of aryl methyl sites for hydroxylation is 1. The summed E-state index contributed by atoms with van der Waals surface area (Å²) in [4.78, 5) is 34.0. The molecule has 1 aromatic rings. The molecule has 22 heavy (non-hydrogen) atoms. The lowest BCUT2D eigenvalue weighted by molar-refractivity contribution is -0.497. The number of anilines is 2. The van der Waals surface area contributed by atoms with Crippen molar-refractivity contribution in [2.24, 2.45) is 11.8 Å². The zero-order valence-corrected chi connectivity index (χ0v) is 12.2. The number of benzene rings is 1. The first-order valence-corrected chi connectivity index (χ1v) is 7.31. The second-order valence-electron chi connectivity index (χ2n) is 5.98. The monoisotopic (exact) mass is 303 g/mol. The van der Waals surface area contributed by atoms with Crippen LogP contribution in [0.1, 0.15) is 24.8 Å². The fraction of sp³-hybridized carbons (Fsp3) is 0.467. The summed E-state index contributed by atoms with van der Waals surface area (Å²) in [5.74, 6) is -0.794. The lowest BCUT2D eigenvalue weighted by atomic mass is 10.1. The van der Waals surface area contributed by atoms with Crippen LogP contribution in [0, 0.1) is 28.9 Å². The van der Waals surface area contributed by atoms with Crippen molar-refractivity contribution in [3.05, 3.63) is 33.9 Å². The van der Waals surface area contributed by atoms with Crippen molar-refractivity contribution in [2.45, 2.75) is 32.2 Å². The maximum absolute atomic E-state index is 12.0. The van der Waals surface area contributed by atoms with Crippen LogP contribution in [0.4, 0.5) is 11.4 Å². The van der Waals surface area contributed by atoms with Gasteiger partial charge >= 0.3 is 0 Å². The Morgan fingerprint density at radius 1 is 1.23 bits per heavy atom. The summed E-state index contributed by atoms with van der Waals surface area (Å²) in [7, 11) is 0. The number of rotatable bonds is 5. The lowest BCUT2D eigenvalue weighted by Gasteiger charge is -2.11. The highest BCUT2D eigenvalue weighted by atomic mass is 16.6. The van der Waals surface area contributed by atoms with Gasteiger partial charge in [0.15, 0.2) is 0 Å². The van der Waals surface area contributed by atoms with Crippen LogP contribution in [0.5, 0.6) is 0 Å². The summed E-state index contributed by atoms with van der Waals surface area (Å²) in [6, 6.07) is 4.51. The van der Waals surface area contributed by atoms with Gasteiger partial charge in [-0.05, 0) is 37.5 Å². The Kier molecular flexibility index (Phi) is 3.56. The van der Waals surface area contributed by atoms with Crippen molar-refractivity contribution < 1.29 is 14.5 Å². The Morgan fingerprint density at radius 3 is 2.55 bits per heavy atom. The smallest absolute Gasteiger partial charge is 0.234 e. The van der Waals surface area contributed by atoms with E-state index in [1.165, 1.54) is 0 Å². The van der Waals surface area contributed by atoms with Gasteiger partial charge in [-0.3, -0.25) is 19.7 Å². The lowest BCUT2D eigenvalue weighted by Crippen LogP contribution is -2.19. The molecule has 7 nitrogen and oxygen atoms in total. The van der Waals surface area contributed by atoms with E-state index in [0.717, 1.165) is 18.4 Å². The van der Waals surface area contributed by atoms with Gasteiger partial charge in [0.1, 0.15) is 5.92 Å². The third kappa shape index (κ3) is 3.08. The average molecular weight is 303 g/mol. The minimum atomic E-state index is -0.766. The number of hydrogen-bond acceptors (Lipinski definition) is 4. The van der Waals surface area contributed by atoms with Crippen LogP contribution in [0.3, 0.4) is 0 Å². The average Bonchev–Trinajstić information content (AvgIpc) is 3.34. The minimum Gasteiger partial charge on any atom is -0.326 e. The fourth-order valence-corrected chi connectivity index (χ4v) is 2.35. The molecule has 0 aliphatic heterocycles. The number of hydrogen-bond donors (Lipinski definition) is 2. The first-order chi connectivity index (χ1) is 10.5. The molecule has 7 heteroatoms. The van der Waals surface area contributed by atoms with E-state index in [-0.39, 0.29) is 24.2 Å². The van der Waals surface area contributed by atoms with E-state index in [4.69, 9.17) is 0 Å². The molecule has 0 heterocycles.